The first kappa shape index (κ1) is 28.1. The number of pyridine rings is 2. The number of methoxy groups -OCH3 is 1. The number of rotatable bonds is 5. The van der Waals surface area contributed by atoms with Gasteiger partial charge in [0.15, 0.2) is 0 Å². The van der Waals surface area contributed by atoms with Crippen LogP contribution in [-0.2, 0) is 16.1 Å². The Balaban J connectivity index is 0. The summed E-state index contributed by atoms with van der Waals surface area (Å²) in [6, 6.07) is 10.5. The average Bonchev–Trinajstić information content (AvgIpc) is 2.62. The maximum Gasteiger partial charge on any atom is 0.354 e. The Hall–Kier alpha value is -1.10. The molecule has 2 aromatic heterocycles. The number of hydrogen-bond donors (Lipinski definition) is 1. The number of carboxylic acid groups (broad SMARTS) is 1. The summed E-state index contributed by atoms with van der Waals surface area (Å²) in [5.74, 6) is -1.01. The van der Waals surface area contributed by atoms with Crippen LogP contribution in [0.3, 0.4) is 0 Å². The predicted octanol–water partition coefficient (Wildman–Crippen LogP) is 4.45. The summed E-state index contributed by atoms with van der Waals surface area (Å²) in [6.45, 7) is 3.47. The van der Waals surface area contributed by atoms with E-state index in [1.54, 1.807) is 31.4 Å². The largest absolute Gasteiger partial charge is 0.477 e. The van der Waals surface area contributed by atoms with Crippen molar-refractivity contribution in [1.82, 2.24) is 15.0 Å². The summed E-state index contributed by atoms with van der Waals surface area (Å²) in [5.41, 5.74) is 1.03. The summed E-state index contributed by atoms with van der Waals surface area (Å²) in [4.78, 5) is 23.2. The molecule has 0 fully saturated rings. The van der Waals surface area contributed by atoms with Gasteiger partial charge in [0.1, 0.15) is 14.9 Å². The molecule has 0 saturated carbocycles. The Kier molecular flexibility index (Phi) is 17.7. The lowest BCUT2D eigenvalue weighted by Gasteiger charge is -2.12. The Morgan fingerprint density at radius 2 is 1.63 bits per heavy atom. The van der Waals surface area contributed by atoms with Crippen molar-refractivity contribution >= 4 is 50.2 Å². The summed E-state index contributed by atoms with van der Waals surface area (Å²) in [7, 11) is 5.18. The summed E-state index contributed by atoms with van der Waals surface area (Å²) in [6.07, 6.45) is 0. The minimum Gasteiger partial charge on any atom is -0.477 e. The lowest BCUT2D eigenvalue weighted by Crippen LogP contribution is -2.16. The van der Waals surface area contributed by atoms with Gasteiger partial charge >= 0.3 is 5.97 Å². The van der Waals surface area contributed by atoms with E-state index in [1.807, 2.05) is 32.2 Å². The highest BCUT2D eigenvalue weighted by atomic mass is 79.9. The van der Waals surface area contributed by atoms with Crippen LogP contribution in [0.4, 0.5) is 0 Å². The molecule has 2 heterocycles. The van der Waals surface area contributed by atoms with Crippen molar-refractivity contribution in [2.45, 2.75) is 13.5 Å². The van der Waals surface area contributed by atoms with Crippen LogP contribution in [0.5, 0.6) is 0 Å². The van der Waals surface area contributed by atoms with Crippen molar-refractivity contribution in [1.29, 1.82) is 0 Å². The van der Waals surface area contributed by atoms with Crippen LogP contribution in [-0.4, -0.2) is 54.0 Å². The van der Waals surface area contributed by atoms with Crippen molar-refractivity contribution in [3.8, 4) is 0 Å². The summed E-state index contributed by atoms with van der Waals surface area (Å²) >= 11 is 6.36. The number of carboxylic acids is 1. The van der Waals surface area contributed by atoms with E-state index in [-0.39, 0.29) is 18.1 Å². The first-order valence-electron chi connectivity index (χ1n) is 7.55. The number of nitrogens with zero attached hydrogens (tertiary/aromatic N) is 3. The van der Waals surface area contributed by atoms with Gasteiger partial charge in [0.25, 0.3) is 0 Å². The Labute approximate surface area is 182 Å². The van der Waals surface area contributed by atoms with Crippen LogP contribution in [0.15, 0.2) is 45.6 Å². The van der Waals surface area contributed by atoms with E-state index in [2.05, 4.69) is 46.6 Å². The third-order valence-electron chi connectivity index (χ3n) is 2.69. The van der Waals surface area contributed by atoms with E-state index in [1.165, 1.54) is 6.07 Å². The van der Waals surface area contributed by atoms with E-state index in [9.17, 15) is 4.79 Å². The molecule has 0 aromatic carbocycles. The number of aromatic carboxylic acids is 1. The fraction of sp³-hybridized carbons (Fsp3) is 0.353. The average molecular weight is 530 g/mol. The quantitative estimate of drug-likeness (QED) is 0.452. The molecule has 0 unspecified atom stereocenters. The van der Waals surface area contributed by atoms with Gasteiger partial charge in [0, 0.05) is 20.8 Å². The fourth-order valence-electron chi connectivity index (χ4n) is 1.36. The molecule has 2 rings (SSSR count). The second-order valence-corrected chi connectivity index (χ2v) is 6.27. The van der Waals surface area contributed by atoms with Gasteiger partial charge in [-0.3, -0.25) is 0 Å². The number of hydroxylamine groups is 2. The van der Waals surface area contributed by atoms with Gasteiger partial charge in [-0.2, -0.15) is 5.06 Å². The van der Waals surface area contributed by atoms with Crippen molar-refractivity contribution in [2.75, 3.05) is 27.9 Å². The maximum atomic E-state index is 10.3. The van der Waals surface area contributed by atoms with E-state index < -0.39 is 5.97 Å². The van der Waals surface area contributed by atoms with Gasteiger partial charge in [-0.15, -0.1) is 12.4 Å². The Bertz CT molecular complexity index is 664. The summed E-state index contributed by atoms with van der Waals surface area (Å²) in [5, 5.41) is 10.1. The van der Waals surface area contributed by atoms with E-state index in [4.69, 9.17) is 9.94 Å². The molecule has 0 bridgehead atoms. The van der Waals surface area contributed by atoms with Gasteiger partial charge in [-0.25, -0.2) is 14.8 Å². The first-order valence-corrected chi connectivity index (χ1v) is 9.14. The highest BCUT2D eigenvalue weighted by Gasteiger charge is 2.02. The molecule has 27 heavy (non-hydrogen) atoms. The third kappa shape index (κ3) is 14.6. The van der Waals surface area contributed by atoms with Crippen LogP contribution in [0, 0.1) is 0 Å². The van der Waals surface area contributed by atoms with Crippen molar-refractivity contribution in [3.63, 3.8) is 0 Å². The Morgan fingerprint density at radius 3 is 2.00 bits per heavy atom. The van der Waals surface area contributed by atoms with E-state index in [0.717, 1.165) is 16.9 Å². The molecule has 0 aliphatic rings. The molecule has 1 N–H and O–H groups in total. The minimum atomic E-state index is -1.01. The third-order valence-corrected chi connectivity index (χ3v) is 3.58. The monoisotopic (exact) mass is 527 g/mol. The minimum absolute atomic E-state index is 0. The molecule has 10 heteroatoms. The topological polar surface area (TPSA) is 84.8 Å². The number of halogens is 3. The van der Waals surface area contributed by atoms with Crippen LogP contribution in [0.2, 0.25) is 0 Å². The zero-order valence-electron chi connectivity index (χ0n) is 15.6. The Morgan fingerprint density at radius 1 is 1.11 bits per heavy atom. The fourth-order valence-corrected chi connectivity index (χ4v) is 2.08. The molecule has 2 aromatic rings. The summed E-state index contributed by atoms with van der Waals surface area (Å²) < 4.78 is 5.93. The van der Waals surface area contributed by atoms with Crippen molar-refractivity contribution < 1.29 is 19.5 Å². The van der Waals surface area contributed by atoms with Gasteiger partial charge < -0.3 is 14.7 Å². The first-order chi connectivity index (χ1) is 12.3. The molecular weight excluding hydrogens is 505 g/mol. The highest BCUT2D eigenvalue weighted by molar-refractivity contribution is 9.10. The highest BCUT2D eigenvalue weighted by Crippen LogP contribution is 2.07. The molecule has 0 radical (unpaired) electrons. The van der Waals surface area contributed by atoms with Gasteiger partial charge in [0.2, 0.25) is 0 Å². The molecule has 7 nitrogen and oxygen atoms in total. The molecule has 0 aliphatic carbocycles. The normalized spacial score (nSPS) is 9.30. The standard InChI is InChI=1S/C8H11BrN2O.C6H4BrNO2.C3H8O.ClH/c1-11(12-2)6-7-4-3-5-8(9)10-7;7-5-3-1-2-4(8-5)6(9)10;1-3-4-2;/h3-5H,6H2,1-2H3;1-3H,(H,9,10);3H2,1-2H3;1H. The predicted molar refractivity (Wildman–Crippen MR) is 114 cm³/mol. The number of hydrogen-bond acceptors (Lipinski definition) is 6. The molecule has 0 spiro atoms. The van der Waals surface area contributed by atoms with E-state index in [0.29, 0.717) is 11.1 Å². The van der Waals surface area contributed by atoms with Crippen molar-refractivity contribution in [2.24, 2.45) is 0 Å². The molecular formula is C17H24Br2ClN3O4. The van der Waals surface area contributed by atoms with Crippen LogP contribution < -0.4 is 0 Å². The van der Waals surface area contributed by atoms with E-state index >= 15 is 0 Å². The number of carbonyl (C=O) groups is 1. The van der Waals surface area contributed by atoms with Crippen LogP contribution >= 0.6 is 44.3 Å². The van der Waals surface area contributed by atoms with Gasteiger partial charge in [-0.1, -0.05) is 12.1 Å². The number of aromatic nitrogens is 2. The smallest absolute Gasteiger partial charge is 0.354 e. The maximum absolute atomic E-state index is 10.3. The lowest BCUT2D eigenvalue weighted by atomic mass is 10.3. The zero-order valence-corrected chi connectivity index (χ0v) is 19.5. The lowest BCUT2D eigenvalue weighted by molar-refractivity contribution is -0.117. The van der Waals surface area contributed by atoms with Crippen molar-refractivity contribution in [3.05, 3.63) is 57.0 Å². The molecule has 0 aliphatic heterocycles. The van der Waals surface area contributed by atoms with Crippen LogP contribution in [0.25, 0.3) is 0 Å². The zero-order chi connectivity index (χ0) is 19.9. The second kappa shape index (κ2) is 17.0. The molecule has 0 saturated heterocycles. The molecule has 0 amide bonds. The van der Waals surface area contributed by atoms with Crippen LogP contribution in [0.1, 0.15) is 23.1 Å². The van der Waals surface area contributed by atoms with Gasteiger partial charge in [-0.05, 0) is 63.0 Å². The SMILES string of the molecule is CCOC.CON(C)Cc1cccc(Br)n1.Cl.O=C(O)c1cccc(Br)n1. The second-order valence-electron chi connectivity index (χ2n) is 4.65. The molecule has 0 atom stereocenters. The number of ether oxygens (including phenoxy) is 1. The molecule has 152 valence electrons. The van der Waals surface area contributed by atoms with Gasteiger partial charge in [0.05, 0.1) is 19.3 Å².